The zero-order valence-corrected chi connectivity index (χ0v) is 16.4. The first kappa shape index (κ1) is 19.4. The average Bonchev–Trinajstić information content (AvgIpc) is 3.12. The Morgan fingerprint density at radius 1 is 1.26 bits per heavy atom. The molecule has 0 spiro atoms. The summed E-state index contributed by atoms with van der Waals surface area (Å²) in [6.45, 7) is 2.06. The number of carbonyl (C=O) groups excluding carboxylic acids is 1. The first-order valence-corrected chi connectivity index (χ1v) is 9.50. The van der Waals surface area contributed by atoms with Gasteiger partial charge >= 0.3 is 0 Å². The minimum atomic E-state index is -0.436. The quantitative estimate of drug-likeness (QED) is 0.561. The lowest BCUT2D eigenvalue weighted by molar-refractivity contribution is -0.127. The van der Waals surface area contributed by atoms with Gasteiger partial charge in [-0.2, -0.15) is 0 Å². The summed E-state index contributed by atoms with van der Waals surface area (Å²) in [7, 11) is 1.59. The summed E-state index contributed by atoms with van der Waals surface area (Å²) >= 11 is 7.14. The third-order valence-electron chi connectivity index (χ3n) is 3.87. The Kier molecular flexibility index (Phi) is 6.13. The molecule has 3 aromatic rings. The van der Waals surface area contributed by atoms with Crippen LogP contribution in [0.15, 0.2) is 52.1 Å². The Labute approximate surface area is 165 Å². The van der Waals surface area contributed by atoms with Crippen LogP contribution < -0.4 is 0 Å². The van der Waals surface area contributed by atoms with E-state index in [0.717, 1.165) is 22.9 Å². The van der Waals surface area contributed by atoms with Gasteiger partial charge in [-0.25, -0.2) is 4.39 Å². The molecule has 27 heavy (non-hydrogen) atoms. The molecule has 0 saturated heterocycles. The minimum Gasteiger partial charge on any atom is -0.411 e. The molecule has 0 fully saturated rings. The normalized spacial score (nSPS) is 10.8. The SMILES string of the molecule is Cc1cccc(-c2nnc(SCC(=O)N(C)Cc3c(F)cccc3Cl)o2)c1. The van der Waals surface area contributed by atoms with Crippen molar-refractivity contribution in [3.63, 3.8) is 0 Å². The van der Waals surface area contributed by atoms with E-state index in [9.17, 15) is 9.18 Å². The van der Waals surface area contributed by atoms with Crippen LogP contribution in [0.1, 0.15) is 11.1 Å². The zero-order chi connectivity index (χ0) is 19.4. The summed E-state index contributed by atoms with van der Waals surface area (Å²) in [6.07, 6.45) is 0. The number of nitrogens with zero attached hydrogens (tertiary/aromatic N) is 3. The highest BCUT2D eigenvalue weighted by molar-refractivity contribution is 7.99. The molecule has 0 aliphatic rings. The number of halogens is 2. The molecular formula is C19H17ClFN3O2S. The molecule has 8 heteroatoms. The maximum absolute atomic E-state index is 13.9. The summed E-state index contributed by atoms with van der Waals surface area (Å²) in [6, 6.07) is 12.2. The summed E-state index contributed by atoms with van der Waals surface area (Å²) in [4.78, 5) is 13.7. The molecule has 140 valence electrons. The molecule has 3 rings (SSSR count). The van der Waals surface area contributed by atoms with Gasteiger partial charge in [0.05, 0.1) is 5.75 Å². The van der Waals surface area contributed by atoms with E-state index < -0.39 is 5.82 Å². The summed E-state index contributed by atoms with van der Waals surface area (Å²) in [5, 5.41) is 8.57. The largest absolute Gasteiger partial charge is 0.411 e. The fourth-order valence-corrected chi connectivity index (χ4v) is 3.33. The smallest absolute Gasteiger partial charge is 0.277 e. The van der Waals surface area contributed by atoms with E-state index in [-0.39, 0.29) is 18.2 Å². The fraction of sp³-hybridized carbons (Fsp3) is 0.211. The van der Waals surface area contributed by atoms with Crippen molar-refractivity contribution in [2.45, 2.75) is 18.7 Å². The Balaban J connectivity index is 1.59. The van der Waals surface area contributed by atoms with Crippen LogP contribution in [0.2, 0.25) is 5.02 Å². The lowest BCUT2D eigenvalue weighted by Gasteiger charge is -2.17. The number of carbonyl (C=O) groups is 1. The maximum atomic E-state index is 13.9. The Bertz CT molecular complexity index is 943. The lowest BCUT2D eigenvalue weighted by Crippen LogP contribution is -2.28. The van der Waals surface area contributed by atoms with E-state index in [2.05, 4.69) is 10.2 Å². The van der Waals surface area contributed by atoms with Crippen molar-refractivity contribution in [3.05, 3.63) is 64.4 Å². The van der Waals surface area contributed by atoms with Crippen LogP contribution in [0.25, 0.3) is 11.5 Å². The average molecular weight is 406 g/mol. The van der Waals surface area contributed by atoms with Crippen LogP contribution in [0.5, 0.6) is 0 Å². The molecule has 0 radical (unpaired) electrons. The molecule has 2 aromatic carbocycles. The highest BCUT2D eigenvalue weighted by Crippen LogP contribution is 2.25. The van der Waals surface area contributed by atoms with Crippen LogP contribution in [0, 0.1) is 12.7 Å². The van der Waals surface area contributed by atoms with E-state index in [0.29, 0.717) is 21.7 Å². The summed E-state index contributed by atoms with van der Waals surface area (Å²) in [5.74, 6) is -0.137. The Hall–Kier alpha value is -2.38. The molecular weight excluding hydrogens is 389 g/mol. The van der Waals surface area contributed by atoms with Crippen LogP contribution in [-0.2, 0) is 11.3 Å². The van der Waals surface area contributed by atoms with Gasteiger partial charge in [0.2, 0.25) is 11.8 Å². The first-order chi connectivity index (χ1) is 12.9. The molecule has 1 heterocycles. The summed E-state index contributed by atoms with van der Waals surface area (Å²) < 4.78 is 19.5. The standard InChI is InChI=1S/C19H17ClFN3O2S/c1-12-5-3-6-13(9-12)18-22-23-19(26-18)27-11-17(25)24(2)10-14-15(20)7-4-8-16(14)21/h3-9H,10-11H2,1-2H3. The number of hydrogen-bond donors (Lipinski definition) is 0. The van der Waals surface area contributed by atoms with Gasteiger partial charge in [-0.1, -0.05) is 47.1 Å². The van der Waals surface area contributed by atoms with Gasteiger partial charge in [0.1, 0.15) is 5.82 Å². The third kappa shape index (κ3) is 4.87. The topological polar surface area (TPSA) is 59.2 Å². The van der Waals surface area contributed by atoms with Gasteiger partial charge in [-0.3, -0.25) is 4.79 Å². The number of rotatable bonds is 6. The molecule has 0 atom stereocenters. The van der Waals surface area contributed by atoms with E-state index in [1.54, 1.807) is 13.1 Å². The minimum absolute atomic E-state index is 0.0866. The van der Waals surface area contributed by atoms with Gasteiger partial charge in [-0.05, 0) is 31.2 Å². The second-order valence-corrected chi connectivity index (χ2v) is 7.32. The number of hydrogen-bond acceptors (Lipinski definition) is 5. The number of thioether (sulfide) groups is 1. The van der Waals surface area contributed by atoms with E-state index >= 15 is 0 Å². The van der Waals surface area contributed by atoms with Crippen LogP contribution in [0.3, 0.4) is 0 Å². The van der Waals surface area contributed by atoms with Crippen molar-refractivity contribution >= 4 is 29.3 Å². The molecule has 1 amide bonds. The van der Waals surface area contributed by atoms with Crippen molar-refractivity contribution in [2.24, 2.45) is 0 Å². The highest BCUT2D eigenvalue weighted by atomic mass is 35.5. The maximum Gasteiger partial charge on any atom is 0.277 e. The van der Waals surface area contributed by atoms with E-state index in [1.165, 1.54) is 17.0 Å². The predicted molar refractivity (Wildman–Crippen MR) is 103 cm³/mol. The number of amides is 1. The van der Waals surface area contributed by atoms with Crippen LogP contribution in [-0.4, -0.2) is 33.8 Å². The molecule has 5 nitrogen and oxygen atoms in total. The molecule has 0 bridgehead atoms. The molecule has 0 N–H and O–H groups in total. The lowest BCUT2D eigenvalue weighted by atomic mass is 10.1. The highest BCUT2D eigenvalue weighted by Gasteiger charge is 2.16. The fourth-order valence-electron chi connectivity index (χ4n) is 2.41. The Morgan fingerprint density at radius 2 is 2.04 bits per heavy atom. The van der Waals surface area contributed by atoms with Gasteiger partial charge < -0.3 is 9.32 Å². The van der Waals surface area contributed by atoms with Gasteiger partial charge in [-0.15, -0.1) is 10.2 Å². The second-order valence-electron chi connectivity index (χ2n) is 5.98. The summed E-state index contributed by atoms with van der Waals surface area (Å²) in [5.41, 5.74) is 2.20. The van der Waals surface area contributed by atoms with Crippen LogP contribution in [0.4, 0.5) is 4.39 Å². The molecule has 0 aliphatic heterocycles. The van der Waals surface area contributed by atoms with Crippen LogP contribution >= 0.6 is 23.4 Å². The van der Waals surface area contributed by atoms with Gasteiger partial charge in [0, 0.05) is 29.7 Å². The van der Waals surface area contributed by atoms with Crippen molar-refractivity contribution in [2.75, 3.05) is 12.8 Å². The number of aryl methyl sites for hydroxylation is 1. The number of benzene rings is 2. The molecule has 0 unspecified atom stereocenters. The third-order valence-corrected chi connectivity index (χ3v) is 5.03. The predicted octanol–water partition coefficient (Wildman–Crippen LogP) is 4.59. The van der Waals surface area contributed by atoms with Crippen molar-refractivity contribution in [3.8, 4) is 11.5 Å². The second kappa shape index (κ2) is 8.54. The molecule has 0 saturated carbocycles. The van der Waals surface area contributed by atoms with Crippen molar-refractivity contribution < 1.29 is 13.6 Å². The number of aromatic nitrogens is 2. The monoisotopic (exact) mass is 405 g/mol. The first-order valence-electron chi connectivity index (χ1n) is 8.14. The molecule has 0 aliphatic carbocycles. The van der Waals surface area contributed by atoms with Gasteiger partial charge in [0.25, 0.3) is 5.22 Å². The molecule has 1 aromatic heterocycles. The van der Waals surface area contributed by atoms with E-state index in [1.807, 2.05) is 31.2 Å². The van der Waals surface area contributed by atoms with E-state index in [4.69, 9.17) is 16.0 Å². The van der Waals surface area contributed by atoms with Gasteiger partial charge in [0.15, 0.2) is 0 Å². The van der Waals surface area contributed by atoms with Crippen molar-refractivity contribution in [1.29, 1.82) is 0 Å². The Morgan fingerprint density at radius 3 is 2.78 bits per heavy atom. The van der Waals surface area contributed by atoms with Crippen molar-refractivity contribution in [1.82, 2.24) is 15.1 Å². The zero-order valence-electron chi connectivity index (χ0n) is 14.8.